The third-order valence-electron chi connectivity index (χ3n) is 2.29. The molecule has 0 fully saturated rings. The van der Waals surface area contributed by atoms with Crippen LogP contribution >= 0.6 is 15.9 Å². The van der Waals surface area contributed by atoms with Crippen LogP contribution in [0.2, 0.25) is 0 Å². The Bertz CT molecular complexity index is 554. The summed E-state index contributed by atoms with van der Waals surface area (Å²) in [6.07, 6.45) is 4.95. The number of carboxylic acid groups (broad SMARTS) is 1. The standard InChI is InChI=1S/C13H13BrN2O4/c1-3-4-11(12(17)18)16-13(19)15-9-5-8(14)6-10(7-9)20-2/h1,5-7,11H,4H2,2H3,(H,17,18)(H2,15,16,19). The molecule has 0 heterocycles. The van der Waals surface area contributed by atoms with Crippen molar-refractivity contribution in [3.8, 4) is 18.1 Å². The molecule has 6 nitrogen and oxygen atoms in total. The fourth-order valence-electron chi connectivity index (χ4n) is 1.40. The minimum absolute atomic E-state index is 0.0927. The van der Waals surface area contributed by atoms with Crippen LogP contribution in [0.15, 0.2) is 22.7 Å². The van der Waals surface area contributed by atoms with E-state index in [1.54, 1.807) is 18.2 Å². The smallest absolute Gasteiger partial charge is 0.327 e. The number of methoxy groups -OCH3 is 1. The molecule has 0 saturated heterocycles. The van der Waals surface area contributed by atoms with Gasteiger partial charge in [-0.25, -0.2) is 9.59 Å². The van der Waals surface area contributed by atoms with Gasteiger partial charge in [-0.15, -0.1) is 12.3 Å². The van der Waals surface area contributed by atoms with Crippen molar-refractivity contribution < 1.29 is 19.4 Å². The molecule has 2 amide bonds. The molecule has 0 bridgehead atoms. The van der Waals surface area contributed by atoms with Crippen molar-refractivity contribution in [1.29, 1.82) is 0 Å². The Labute approximate surface area is 124 Å². The maximum absolute atomic E-state index is 11.7. The lowest BCUT2D eigenvalue weighted by atomic mass is 10.2. The predicted octanol–water partition coefficient (Wildman–Crippen LogP) is 2.06. The van der Waals surface area contributed by atoms with Gasteiger partial charge < -0.3 is 20.5 Å². The average Bonchev–Trinajstić information content (AvgIpc) is 2.37. The Hall–Kier alpha value is -2.20. The van der Waals surface area contributed by atoms with Crippen molar-refractivity contribution in [2.24, 2.45) is 0 Å². The van der Waals surface area contributed by atoms with E-state index < -0.39 is 18.0 Å². The average molecular weight is 341 g/mol. The van der Waals surface area contributed by atoms with E-state index in [-0.39, 0.29) is 6.42 Å². The van der Waals surface area contributed by atoms with Crippen LogP contribution in [-0.2, 0) is 4.79 Å². The van der Waals surface area contributed by atoms with Gasteiger partial charge in [-0.05, 0) is 12.1 Å². The Morgan fingerprint density at radius 2 is 2.20 bits per heavy atom. The molecule has 0 radical (unpaired) electrons. The maximum atomic E-state index is 11.7. The molecule has 1 aromatic carbocycles. The molecule has 0 aliphatic rings. The molecule has 1 atom stereocenters. The SMILES string of the molecule is C#CCC(NC(=O)Nc1cc(Br)cc(OC)c1)C(=O)O. The summed E-state index contributed by atoms with van der Waals surface area (Å²) in [5.41, 5.74) is 0.457. The highest BCUT2D eigenvalue weighted by molar-refractivity contribution is 9.10. The molecular weight excluding hydrogens is 328 g/mol. The zero-order valence-electron chi connectivity index (χ0n) is 10.6. The minimum atomic E-state index is -1.19. The summed E-state index contributed by atoms with van der Waals surface area (Å²) < 4.78 is 5.77. The van der Waals surface area contributed by atoms with E-state index in [9.17, 15) is 9.59 Å². The molecule has 20 heavy (non-hydrogen) atoms. The summed E-state index contributed by atoms with van der Waals surface area (Å²) in [6.45, 7) is 0. The Kier molecular flexibility index (Phi) is 5.87. The zero-order chi connectivity index (χ0) is 15.1. The van der Waals surface area contributed by atoms with Gasteiger partial charge in [0.1, 0.15) is 11.8 Å². The van der Waals surface area contributed by atoms with Crippen molar-refractivity contribution in [1.82, 2.24) is 5.32 Å². The molecule has 1 aromatic rings. The highest BCUT2D eigenvalue weighted by Gasteiger charge is 2.18. The van der Waals surface area contributed by atoms with Gasteiger partial charge in [0, 0.05) is 22.6 Å². The van der Waals surface area contributed by atoms with Crippen LogP contribution in [0.25, 0.3) is 0 Å². The van der Waals surface area contributed by atoms with Gasteiger partial charge in [0.2, 0.25) is 0 Å². The largest absolute Gasteiger partial charge is 0.497 e. The number of hydrogen-bond donors (Lipinski definition) is 3. The fourth-order valence-corrected chi connectivity index (χ4v) is 1.87. The summed E-state index contributed by atoms with van der Waals surface area (Å²) in [5, 5.41) is 13.7. The van der Waals surface area contributed by atoms with Crippen molar-refractivity contribution in [3.05, 3.63) is 22.7 Å². The van der Waals surface area contributed by atoms with Gasteiger partial charge in [0.05, 0.1) is 7.11 Å². The third kappa shape index (κ3) is 4.82. The molecule has 7 heteroatoms. The fraction of sp³-hybridized carbons (Fsp3) is 0.231. The number of rotatable bonds is 5. The van der Waals surface area contributed by atoms with Crippen molar-refractivity contribution in [2.45, 2.75) is 12.5 Å². The summed E-state index contributed by atoms with van der Waals surface area (Å²) in [4.78, 5) is 22.6. The van der Waals surface area contributed by atoms with E-state index in [0.717, 1.165) is 0 Å². The second-order valence-corrected chi connectivity index (χ2v) is 4.69. The van der Waals surface area contributed by atoms with Gasteiger partial charge >= 0.3 is 12.0 Å². The first-order valence-corrected chi connectivity index (χ1v) is 6.34. The second kappa shape index (κ2) is 7.40. The number of amides is 2. The van der Waals surface area contributed by atoms with Crippen LogP contribution in [0.1, 0.15) is 6.42 Å². The van der Waals surface area contributed by atoms with E-state index in [0.29, 0.717) is 15.9 Å². The Morgan fingerprint density at radius 1 is 1.50 bits per heavy atom. The van der Waals surface area contributed by atoms with Crippen LogP contribution in [0, 0.1) is 12.3 Å². The van der Waals surface area contributed by atoms with Crippen LogP contribution in [0.3, 0.4) is 0 Å². The number of ether oxygens (including phenoxy) is 1. The van der Waals surface area contributed by atoms with Crippen LogP contribution in [0.4, 0.5) is 10.5 Å². The third-order valence-corrected chi connectivity index (χ3v) is 2.75. The molecule has 106 valence electrons. The molecule has 0 aliphatic heterocycles. The predicted molar refractivity (Wildman–Crippen MR) is 77.7 cm³/mol. The summed E-state index contributed by atoms with van der Waals surface area (Å²) in [7, 11) is 1.50. The number of carbonyl (C=O) groups excluding carboxylic acids is 1. The topological polar surface area (TPSA) is 87.7 Å². The number of aliphatic carboxylic acids is 1. The lowest BCUT2D eigenvalue weighted by molar-refractivity contribution is -0.139. The van der Waals surface area contributed by atoms with Gasteiger partial charge in [0.25, 0.3) is 0 Å². The minimum Gasteiger partial charge on any atom is -0.497 e. The summed E-state index contributed by atoms with van der Waals surface area (Å²) in [6, 6.07) is 3.18. The number of halogens is 1. The Balaban J connectivity index is 2.73. The van der Waals surface area contributed by atoms with E-state index in [4.69, 9.17) is 16.3 Å². The van der Waals surface area contributed by atoms with Crippen LogP contribution in [-0.4, -0.2) is 30.3 Å². The monoisotopic (exact) mass is 340 g/mol. The van der Waals surface area contributed by atoms with Crippen molar-refractivity contribution in [3.63, 3.8) is 0 Å². The van der Waals surface area contributed by atoms with Crippen molar-refractivity contribution in [2.75, 3.05) is 12.4 Å². The number of benzene rings is 1. The van der Waals surface area contributed by atoms with E-state index in [1.165, 1.54) is 7.11 Å². The van der Waals surface area contributed by atoms with E-state index >= 15 is 0 Å². The number of carbonyl (C=O) groups is 2. The Morgan fingerprint density at radius 3 is 2.75 bits per heavy atom. The first-order valence-electron chi connectivity index (χ1n) is 5.54. The molecule has 0 aliphatic carbocycles. The number of urea groups is 1. The molecule has 1 unspecified atom stereocenters. The first kappa shape index (κ1) is 15.9. The molecule has 0 aromatic heterocycles. The quantitative estimate of drug-likeness (QED) is 0.716. The zero-order valence-corrected chi connectivity index (χ0v) is 12.2. The number of anilines is 1. The number of terminal acetylenes is 1. The lowest BCUT2D eigenvalue weighted by Crippen LogP contribution is -2.42. The summed E-state index contributed by atoms with van der Waals surface area (Å²) >= 11 is 3.27. The number of nitrogens with one attached hydrogen (secondary N) is 2. The van der Waals surface area contributed by atoms with Crippen molar-refractivity contribution >= 4 is 33.6 Å². The number of carboxylic acids is 1. The maximum Gasteiger partial charge on any atom is 0.327 e. The lowest BCUT2D eigenvalue weighted by Gasteiger charge is -2.13. The second-order valence-electron chi connectivity index (χ2n) is 3.78. The normalized spacial score (nSPS) is 11.1. The first-order chi connectivity index (χ1) is 9.46. The van der Waals surface area contributed by atoms with Gasteiger partial charge in [-0.2, -0.15) is 0 Å². The highest BCUT2D eigenvalue weighted by atomic mass is 79.9. The van der Waals surface area contributed by atoms with Gasteiger partial charge in [0.15, 0.2) is 0 Å². The van der Waals surface area contributed by atoms with E-state index in [2.05, 4.69) is 32.5 Å². The van der Waals surface area contributed by atoms with Crippen LogP contribution in [0.5, 0.6) is 5.75 Å². The molecule has 3 N–H and O–H groups in total. The van der Waals surface area contributed by atoms with Crippen LogP contribution < -0.4 is 15.4 Å². The van der Waals surface area contributed by atoms with E-state index in [1.807, 2.05) is 0 Å². The highest BCUT2D eigenvalue weighted by Crippen LogP contribution is 2.24. The molecule has 1 rings (SSSR count). The summed E-state index contributed by atoms with van der Waals surface area (Å²) in [5.74, 6) is 1.55. The molecule has 0 spiro atoms. The molecule has 0 saturated carbocycles. The molecular formula is C13H13BrN2O4. The van der Waals surface area contributed by atoms with Gasteiger partial charge in [-0.3, -0.25) is 0 Å². The van der Waals surface area contributed by atoms with Gasteiger partial charge in [-0.1, -0.05) is 15.9 Å². The number of hydrogen-bond acceptors (Lipinski definition) is 3.